The van der Waals surface area contributed by atoms with Gasteiger partial charge < -0.3 is 9.88 Å². The number of anilines is 1. The van der Waals surface area contributed by atoms with E-state index in [1.165, 1.54) is 12.4 Å². The van der Waals surface area contributed by atoms with Crippen LogP contribution in [0.5, 0.6) is 0 Å². The third kappa shape index (κ3) is 3.46. The van der Waals surface area contributed by atoms with Gasteiger partial charge in [-0.3, -0.25) is 14.6 Å². The van der Waals surface area contributed by atoms with Crippen LogP contribution in [0, 0.1) is 0 Å². The van der Waals surface area contributed by atoms with Gasteiger partial charge in [-0.1, -0.05) is 23.2 Å². The Morgan fingerprint density at radius 3 is 2.60 bits per heavy atom. The zero-order valence-electron chi connectivity index (χ0n) is 12.7. The van der Waals surface area contributed by atoms with Gasteiger partial charge >= 0.3 is 0 Å². The van der Waals surface area contributed by atoms with Crippen molar-refractivity contribution in [2.45, 2.75) is 6.54 Å². The summed E-state index contributed by atoms with van der Waals surface area (Å²) in [6.07, 6.45) is 5.82. The second kappa shape index (κ2) is 7.39. The molecule has 3 aromatic rings. The Hall–Kier alpha value is -2.15. The number of carbonyl (C=O) groups excluding carboxylic acids is 2. The first-order valence-corrected chi connectivity index (χ1v) is 8.46. The number of fused-ring (bicyclic) bond motifs is 1. The van der Waals surface area contributed by atoms with Crippen molar-refractivity contribution in [3.8, 4) is 0 Å². The summed E-state index contributed by atoms with van der Waals surface area (Å²) in [5, 5.41) is 3.28. The topological polar surface area (TPSA) is 76.9 Å². The van der Waals surface area contributed by atoms with E-state index in [1.54, 1.807) is 29.1 Å². The molecular weight excluding hydrogens is 387 g/mol. The number of alkyl halides is 1. The number of aryl methyl sites for hydroxylation is 1. The Kier molecular flexibility index (Phi) is 5.22. The monoisotopic (exact) mass is 396 g/mol. The van der Waals surface area contributed by atoms with Crippen LogP contribution >= 0.6 is 34.8 Å². The molecular formula is C16H11Cl3N4O2. The molecule has 6 nitrogen and oxygen atoms in total. The summed E-state index contributed by atoms with van der Waals surface area (Å²) in [7, 11) is 0. The quantitative estimate of drug-likeness (QED) is 0.403. The standard InChI is InChI=1S/C16H11Cl3N4O2/c17-3-5-23-8-10(9-2-1-4-21-15(9)23)14(24)16(25)22-13-11(18)6-20-7-12(13)19/h1-2,4,6-8H,3,5H2,(H,20,22,25). The molecule has 0 bridgehead atoms. The molecule has 0 aliphatic rings. The van der Waals surface area contributed by atoms with Crippen molar-refractivity contribution in [3.05, 3.63) is 52.5 Å². The molecule has 0 spiro atoms. The molecule has 128 valence electrons. The first kappa shape index (κ1) is 17.7. The highest BCUT2D eigenvalue weighted by molar-refractivity contribution is 6.50. The van der Waals surface area contributed by atoms with Crippen LogP contribution in [0.2, 0.25) is 10.0 Å². The summed E-state index contributed by atoms with van der Waals surface area (Å²) in [4.78, 5) is 33.0. The van der Waals surface area contributed by atoms with E-state index in [2.05, 4.69) is 15.3 Å². The molecule has 0 atom stereocenters. The van der Waals surface area contributed by atoms with E-state index in [9.17, 15) is 9.59 Å². The fourth-order valence-corrected chi connectivity index (χ4v) is 3.03. The van der Waals surface area contributed by atoms with Crippen LogP contribution in [-0.4, -0.2) is 32.1 Å². The van der Waals surface area contributed by atoms with Gasteiger partial charge in [0, 0.05) is 42.6 Å². The molecule has 0 fully saturated rings. The molecule has 1 N–H and O–H groups in total. The number of aromatic nitrogens is 3. The van der Waals surface area contributed by atoms with Crippen molar-refractivity contribution >= 4 is 63.2 Å². The lowest BCUT2D eigenvalue weighted by molar-refractivity contribution is -0.112. The highest BCUT2D eigenvalue weighted by Crippen LogP contribution is 2.29. The Bertz CT molecular complexity index is 951. The van der Waals surface area contributed by atoms with Crippen LogP contribution in [0.3, 0.4) is 0 Å². The zero-order valence-corrected chi connectivity index (χ0v) is 14.9. The first-order valence-electron chi connectivity index (χ1n) is 7.17. The van der Waals surface area contributed by atoms with Gasteiger partial charge in [0.25, 0.3) is 11.7 Å². The first-order chi connectivity index (χ1) is 12.0. The summed E-state index contributed by atoms with van der Waals surface area (Å²) < 4.78 is 1.73. The van der Waals surface area contributed by atoms with Crippen LogP contribution < -0.4 is 5.32 Å². The largest absolute Gasteiger partial charge is 0.331 e. The number of pyridine rings is 2. The van der Waals surface area contributed by atoms with Crippen molar-refractivity contribution in [3.63, 3.8) is 0 Å². The molecule has 1 amide bonds. The average Bonchev–Trinajstić information content (AvgIpc) is 2.97. The van der Waals surface area contributed by atoms with Gasteiger partial charge in [0.05, 0.1) is 21.3 Å². The van der Waals surface area contributed by atoms with Gasteiger partial charge in [-0.2, -0.15) is 0 Å². The predicted octanol–water partition coefficient (Wildman–Crippen LogP) is 3.80. The maximum atomic E-state index is 12.6. The second-order valence-electron chi connectivity index (χ2n) is 5.06. The molecule has 0 saturated carbocycles. The van der Waals surface area contributed by atoms with Crippen molar-refractivity contribution in [2.75, 3.05) is 11.2 Å². The number of nitrogens with one attached hydrogen (secondary N) is 1. The lowest BCUT2D eigenvalue weighted by atomic mass is 10.1. The normalized spacial score (nSPS) is 10.8. The van der Waals surface area contributed by atoms with E-state index in [0.717, 1.165) is 0 Å². The molecule has 0 aliphatic heterocycles. The Morgan fingerprint density at radius 1 is 1.20 bits per heavy atom. The molecule has 3 rings (SSSR count). The minimum Gasteiger partial charge on any atom is -0.331 e. The Balaban J connectivity index is 1.95. The molecule has 0 saturated heterocycles. The molecule has 3 aromatic heterocycles. The number of Topliss-reactive ketones (excluding diaryl/α,β-unsaturated/α-hetero) is 1. The van der Waals surface area contributed by atoms with Crippen molar-refractivity contribution in [1.29, 1.82) is 0 Å². The third-order valence-corrected chi connectivity index (χ3v) is 4.24. The SMILES string of the molecule is O=C(Nc1c(Cl)cncc1Cl)C(=O)c1cn(CCCl)c2ncccc12. The van der Waals surface area contributed by atoms with Crippen LogP contribution in [0.1, 0.15) is 10.4 Å². The van der Waals surface area contributed by atoms with Gasteiger partial charge in [-0.05, 0) is 12.1 Å². The number of carbonyl (C=O) groups is 2. The maximum Gasteiger partial charge on any atom is 0.296 e. The van der Waals surface area contributed by atoms with E-state index in [4.69, 9.17) is 34.8 Å². The minimum absolute atomic E-state index is 0.138. The van der Waals surface area contributed by atoms with E-state index in [-0.39, 0.29) is 21.3 Å². The summed E-state index contributed by atoms with van der Waals surface area (Å²) in [5.41, 5.74) is 0.950. The lowest BCUT2D eigenvalue weighted by Crippen LogP contribution is -2.23. The summed E-state index contributed by atoms with van der Waals surface area (Å²) in [6, 6.07) is 3.42. The molecule has 3 heterocycles. The number of hydrogen-bond donors (Lipinski definition) is 1. The number of ketones is 1. The number of halogens is 3. The molecule has 25 heavy (non-hydrogen) atoms. The van der Waals surface area contributed by atoms with Crippen LogP contribution in [0.4, 0.5) is 5.69 Å². The van der Waals surface area contributed by atoms with Gasteiger partial charge in [-0.15, -0.1) is 11.6 Å². The fraction of sp³-hybridized carbons (Fsp3) is 0.125. The van der Waals surface area contributed by atoms with E-state index < -0.39 is 11.7 Å². The maximum absolute atomic E-state index is 12.6. The smallest absolute Gasteiger partial charge is 0.296 e. The highest BCUT2D eigenvalue weighted by Gasteiger charge is 2.23. The Morgan fingerprint density at radius 2 is 1.92 bits per heavy atom. The van der Waals surface area contributed by atoms with E-state index >= 15 is 0 Å². The van der Waals surface area contributed by atoms with E-state index in [0.29, 0.717) is 23.5 Å². The van der Waals surface area contributed by atoms with Crippen LogP contribution in [-0.2, 0) is 11.3 Å². The van der Waals surface area contributed by atoms with Gasteiger partial charge in [0.15, 0.2) is 0 Å². The fourth-order valence-electron chi connectivity index (χ4n) is 2.39. The molecule has 0 radical (unpaired) electrons. The number of hydrogen-bond acceptors (Lipinski definition) is 4. The van der Waals surface area contributed by atoms with Gasteiger partial charge in [-0.25, -0.2) is 4.98 Å². The molecule has 0 unspecified atom stereocenters. The summed E-state index contributed by atoms with van der Waals surface area (Å²) in [6.45, 7) is 0.464. The van der Waals surface area contributed by atoms with Gasteiger partial charge in [0.1, 0.15) is 5.65 Å². The zero-order chi connectivity index (χ0) is 18.0. The highest BCUT2D eigenvalue weighted by atomic mass is 35.5. The van der Waals surface area contributed by atoms with Crippen molar-refractivity contribution in [2.24, 2.45) is 0 Å². The average molecular weight is 398 g/mol. The second-order valence-corrected chi connectivity index (χ2v) is 6.25. The predicted molar refractivity (Wildman–Crippen MR) is 97.7 cm³/mol. The number of amides is 1. The number of nitrogens with zero attached hydrogens (tertiary/aromatic N) is 3. The summed E-state index contributed by atoms with van der Waals surface area (Å²) >= 11 is 17.7. The Labute approximate surface area is 157 Å². The molecule has 0 aromatic carbocycles. The minimum atomic E-state index is -0.858. The lowest BCUT2D eigenvalue weighted by Gasteiger charge is -2.07. The molecule has 9 heteroatoms. The van der Waals surface area contributed by atoms with Crippen LogP contribution in [0.25, 0.3) is 11.0 Å². The van der Waals surface area contributed by atoms with Crippen LogP contribution in [0.15, 0.2) is 36.9 Å². The van der Waals surface area contributed by atoms with Crippen molar-refractivity contribution < 1.29 is 9.59 Å². The van der Waals surface area contributed by atoms with E-state index in [1.807, 2.05) is 0 Å². The van der Waals surface area contributed by atoms with Crippen molar-refractivity contribution in [1.82, 2.24) is 14.5 Å². The molecule has 0 aliphatic carbocycles. The van der Waals surface area contributed by atoms with Gasteiger partial charge in [0.2, 0.25) is 0 Å². The summed E-state index contributed by atoms with van der Waals surface area (Å²) in [5.74, 6) is -1.23. The number of rotatable bonds is 5. The third-order valence-electron chi connectivity index (χ3n) is 3.50.